The van der Waals surface area contributed by atoms with E-state index in [4.69, 9.17) is 9.47 Å². The predicted octanol–water partition coefficient (Wildman–Crippen LogP) is 8.51. The first kappa shape index (κ1) is 29.2. The number of hydrogen-bond acceptors (Lipinski definition) is 4. The van der Waals surface area contributed by atoms with Gasteiger partial charge in [0.1, 0.15) is 29.6 Å². The number of likely N-dealkylation sites (tertiary alicyclic amines) is 1. The van der Waals surface area contributed by atoms with Crippen LogP contribution in [0.15, 0.2) is 65.6 Å². The first-order valence-electron chi connectivity index (χ1n) is 13.3. The number of hydrogen-bond donors (Lipinski definition) is 0. The van der Waals surface area contributed by atoms with Crippen molar-refractivity contribution < 1.29 is 36.2 Å². The fourth-order valence-electron chi connectivity index (χ4n) is 5.69. The number of halogens is 5. The van der Waals surface area contributed by atoms with Crippen LogP contribution in [0.1, 0.15) is 55.9 Å². The highest BCUT2D eigenvalue weighted by Gasteiger charge is 2.54. The van der Waals surface area contributed by atoms with Crippen molar-refractivity contribution in [2.75, 3.05) is 6.54 Å². The molecule has 218 valence electrons. The first-order valence-corrected chi connectivity index (χ1v) is 14.1. The van der Waals surface area contributed by atoms with Gasteiger partial charge in [0.15, 0.2) is 0 Å². The van der Waals surface area contributed by atoms with E-state index in [-0.39, 0.29) is 11.9 Å². The SMILES string of the molecule is CC(C)(C)OC(=O)N1CCC2(Sc3ccc(F)cc3)c3ccc(OCc4c(F)cccc4C(F)(F)F)cc3CCC12. The van der Waals surface area contributed by atoms with Crippen LogP contribution in [0.3, 0.4) is 0 Å². The van der Waals surface area contributed by atoms with Crippen molar-refractivity contribution in [1.82, 2.24) is 4.90 Å². The van der Waals surface area contributed by atoms with Gasteiger partial charge < -0.3 is 14.4 Å². The van der Waals surface area contributed by atoms with Gasteiger partial charge in [-0.25, -0.2) is 13.6 Å². The van der Waals surface area contributed by atoms with Crippen molar-refractivity contribution in [2.24, 2.45) is 0 Å². The van der Waals surface area contributed by atoms with E-state index in [0.717, 1.165) is 34.2 Å². The topological polar surface area (TPSA) is 38.8 Å². The fourth-order valence-corrected chi connectivity index (χ4v) is 7.26. The molecule has 0 N–H and O–H groups in total. The van der Waals surface area contributed by atoms with Gasteiger partial charge in [0.2, 0.25) is 0 Å². The van der Waals surface area contributed by atoms with E-state index in [1.54, 1.807) is 40.9 Å². The summed E-state index contributed by atoms with van der Waals surface area (Å²) >= 11 is 1.56. The Hall–Kier alpha value is -3.27. The zero-order valence-corrected chi connectivity index (χ0v) is 23.7. The molecule has 0 bridgehead atoms. The summed E-state index contributed by atoms with van der Waals surface area (Å²) < 4.78 is 79.2. The lowest BCUT2D eigenvalue weighted by atomic mass is 9.78. The summed E-state index contributed by atoms with van der Waals surface area (Å²) in [4.78, 5) is 15.8. The molecule has 10 heteroatoms. The highest BCUT2D eigenvalue weighted by molar-refractivity contribution is 8.00. The molecule has 5 rings (SSSR count). The Morgan fingerprint density at radius 1 is 1.05 bits per heavy atom. The van der Waals surface area contributed by atoms with Crippen LogP contribution in [-0.4, -0.2) is 29.2 Å². The van der Waals surface area contributed by atoms with Crippen LogP contribution >= 0.6 is 11.8 Å². The standard InChI is InChI=1S/C31H30F5NO3S/c1-29(2,3)40-28(38)37-16-15-30(41-22-11-8-20(32)9-12-22)24-13-10-21(17-19(24)7-14-27(30)37)39-18-23-25(31(34,35)36)5-4-6-26(23)33/h4-6,8-13,17,27H,7,14-16,18H2,1-3H3. The Morgan fingerprint density at radius 3 is 2.46 bits per heavy atom. The molecule has 0 aromatic heterocycles. The van der Waals surface area contributed by atoms with Crippen LogP contribution in [0.25, 0.3) is 0 Å². The lowest BCUT2D eigenvalue weighted by Crippen LogP contribution is -2.47. The lowest BCUT2D eigenvalue weighted by Gasteiger charge is -2.43. The number of thioether (sulfide) groups is 1. The van der Waals surface area contributed by atoms with E-state index in [1.807, 2.05) is 26.8 Å². The minimum absolute atomic E-state index is 0.195. The number of carbonyl (C=O) groups is 1. The van der Waals surface area contributed by atoms with Crippen molar-refractivity contribution in [3.63, 3.8) is 0 Å². The van der Waals surface area contributed by atoms with Crippen molar-refractivity contribution in [2.45, 2.75) is 74.1 Å². The Labute approximate surface area is 239 Å². The van der Waals surface area contributed by atoms with Crippen LogP contribution in [-0.2, 0) is 28.7 Å². The largest absolute Gasteiger partial charge is 0.489 e. The summed E-state index contributed by atoms with van der Waals surface area (Å²) in [5.41, 5.74) is -0.367. The monoisotopic (exact) mass is 591 g/mol. The summed E-state index contributed by atoms with van der Waals surface area (Å²) in [6.07, 6.45) is -3.27. The Bertz CT molecular complexity index is 1440. The molecule has 1 saturated heterocycles. The molecule has 1 amide bonds. The van der Waals surface area contributed by atoms with Crippen LogP contribution in [0.5, 0.6) is 5.75 Å². The molecular weight excluding hydrogens is 561 g/mol. The van der Waals surface area contributed by atoms with Crippen molar-refractivity contribution >= 4 is 17.9 Å². The van der Waals surface area contributed by atoms with Gasteiger partial charge in [-0.15, -0.1) is 11.8 Å². The van der Waals surface area contributed by atoms with Gasteiger partial charge in [-0.1, -0.05) is 12.1 Å². The van der Waals surface area contributed by atoms with Gasteiger partial charge in [-0.05, 0) is 99.7 Å². The van der Waals surface area contributed by atoms with Gasteiger partial charge in [0.05, 0.1) is 16.4 Å². The lowest BCUT2D eigenvalue weighted by molar-refractivity contribution is -0.138. The minimum atomic E-state index is -4.71. The second-order valence-electron chi connectivity index (χ2n) is 11.3. The average Bonchev–Trinajstić information content (AvgIpc) is 3.27. The normalized spacial score (nSPS) is 20.4. The maximum absolute atomic E-state index is 14.3. The molecule has 3 aromatic rings. The Kier molecular flexibility index (Phi) is 7.74. The number of rotatable bonds is 5. The Balaban J connectivity index is 1.46. The molecular formula is C31H30F5NO3S. The van der Waals surface area contributed by atoms with Crippen LogP contribution < -0.4 is 4.74 Å². The van der Waals surface area contributed by atoms with Crippen molar-refractivity contribution in [3.8, 4) is 5.75 Å². The molecule has 3 aromatic carbocycles. The minimum Gasteiger partial charge on any atom is -0.489 e. The Morgan fingerprint density at radius 2 is 1.78 bits per heavy atom. The number of alkyl halides is 3. The zero-order valence-electron chi connectivity index (χ0n) is 22.9. The molecule has 1 heterocycles. The fraction of sp³-hybridized carbons (Fsp3) is 0.387. The van der Waals surface area contributed by atoms with Gasteiger partial charge in [-0.2, -0.15) is 13.2 Å². The average molecular weight is 592 g/mol. The van der Waals surface area contributed by atoms with Gasteiger partial charge in [0, 0.05) is 17.0 Å². The van der Waals surface area contributed by atoms with E-state index in [9.17, 15) is 26.7 Å². The van der Waals surface area contributed by atoms with Crippen LogP contribution in [0.4, 0.5) is 26.7 Å². The van der Waals surface area contributed by atoms with E-state index in [2.05, 4.69) is 0 Å². The number of fused-ring (bicyclic) bond motifs is 3. The second-order valence-corrected chi connectivity index (χ2v) is 12.7. The van der Waals surface area contributed by atoms with Gasteiger partial charge >= 0.3 is 12.3 Å². The molecule has 2 aliphatic rings. The van der Waals surface area contributed by atoms with Gasteiger partial charge in [-0.3, -0.25) is 0 Å². The molecule has 0 radical (unpaired) electrons. The number of carbonyl (C=O) groups excluding carboxylic acids is 1. The molecule has 1 aliphatic carbocycles. The number of ether oxygens (including phenoxy) is 2. The maximum Gasteiger partial charge on any atom is 0.416 e. The van der Waals surface area contributed by atoms with Crippen LogP contribution in [0.2, 0.25) is 0 Å². The maximum atomic E-state index is 14.3. The first-order chi connectivity index (χ1) is 19.3. The summed E-state index contributed by atoms with van der Waals surface area (Å²) in [5.74, 6) is -1.01. The smallest absolute Gasteiger partial charge is 0.416 e. The summed E-state index contributed by atoms with van der Waals surface area (Å²) in [7, 11) is 0. The van der Waals surface area contributed by atoms with E-state index < -0.39 is 46.2 Å². The molecule has 2 unspecified atom stereocenters. The molecule has 2 atom stereocenters. The molecule has 1 fully saturated rings. The third-order valence-electron chi connectivity index (χ3n) is 7.41. The highest BCUT2D eigenvalue weighted by atomic mass is 32.2. The molecule has 1 aliphatic heterocycles. The summed E-state index contributed by atoms with van der Waals surface area (Å²) in [5, 5.41) is 0. The highest BCUT2D eigenvalue weighted by Crippen LogP contribution is 2.56. The van der Waals surface area contributed by atoms with Crippen molar-refractivity contribution in [1.29, 1.82) is 0 Å². The van der Waals surface area contributed by atoms with E-state index in [0.29, 0.717) is 31.6 Å². The third-order valence-corrected chi connectivity index (χ3v) is 8.98. The number of benzene rings is 3. The number of aryl methyl sites for hydroxylation is 1. The molecule has 41 heavy (non-hydrogen) atoms. The number of nitrogens with zero attached hydrogens (tertiary/aromatic N) is 1. The van der Waals surface area contributed by atoms with Crippen molar-refractivity contribution in [3.05, 3.63) is 94.6 Å². The zero-order chi connectivity index (χ0) is 29.6. The predicted molar refractivity (Wildman–Crippen MR) is 146 cm³/mol. The summed E-state index contributed by atoms with van der Waals surface area (Å²) in [6, 6.07) is 14.2. The summed E-state index contributed by atoms with van der Waals surface area (Å²) in [6.45, 7) is 5.35. The second kappa shape index (κ2) is 10.9. The van der Waals surface area contributed by atoms with Gasteiger partial charge in [0.25, 0.3) is 0 Å². The van der Waals surface area contributed by atoms with E-state index >= 15 is 0 Å². The molecule has 0 spiro atoms. The van der Waals surface area contributed by atoms with Crippen LogP contribution in [0, 0.1) is 11.6 Å². The molecule has 4 nitrogen and oxygen atoms in total. The van der Waals surface area contributed by atoms with E-state index in [1.165, 1.54) is 12.1 Å². The third kappa shape index (κ3) is 6.03. The quantitative estimate of drug-likeness (QED) is 0.279. The number of amides is 1. The molecule has 0 saturated carbocycles.